The molecule has 0 aliphatic carbocycles. The van der Waals surface area contributed by atoms with Crippen LogP contribution >= 0.6 is 0 Å². The predicted molar refractivity (Wildman–Crippen MR) is 65.2 cm³/mol. The molecule has 106 valence electrons. The second kappa shape index (κ2) is 4.93. The van der Waals surface area contributed by atoms with Gasteiger partial charge in [-0.05, 0) is 6.07 Å². The summed E-state index contributed by atoms with van der Waals surface area (Å²) in [6.45, 7) is 0. The molecule has 0 saturated heterocycles. The minimum Gasteiger partial charge on any atom is -0.261 e. The van der Waals surface area contributed by atoms with Crippen LogP contribution in [0, 0.1) is 0 Å². The first-order valence-electron chi connectivity index (χ1n) is 5.76. The van der Waals surface area contributed by atoms with Crippen molar-refractivity contribution in [2.24, 2.45) is 0 Å². The van der Waals surface area contributed by atoms with Crippen LogP contribution in [-0.2, 0) is 6.18 Å². The summed E-state index contributed by atoms with van der Waals surface area (Å²) in [4.78, 5) is 15.2. The lowest BCUT2D eigenvalue weighted by molar-refractivity contribution is -0.141. The number of aromatic nitrogens is 6. The summed E-state index contributed by atoms with van der Waals surface area (Å²) in [5, 5.41) is 3.94. The van der Waals surface area contributed by atoms with E-state index in [2.05, 4.69) is 25.0 Å². The lowest BCUT2D eigenvalue weighted by Crippen LogP contribution is -2.11. The molecule has 0 saturated carbocycles. The molecule has 3 aromatic rings. The van der Waals surface area contributed by atoms with Gasteiger partial charge in [0.2, 0.25) is 0 Å². The summed E-state index contributed by atoms with van der Waals surface area (Å²) in [6, 6.07) is 0.802. The van der Waals surface area contributed by atoms with Crippen molar-refractivity contribution in [2.45, 2.75) is 6.18 Å². The van der Waals surface area contributed by atoms with Gasteiger partial charge in [-0.1, -0.05) is 0 Å². The molecule has 21 heavy (non-hydrogen) atoms. The van der Waals surface area contributed by atoms with E-state index in [1.54, 1.807) is 0 Å². The number of nitrogens with zero attached hydrogens (tertiary/aromatic N) is 6. The standard InChI is InChI=1S/C12H7F3N6/c13-12(14,15)10-1-2-18-11(20-10)21-7-8(5-19-21)9-6-16-3-4-17-9/h1-7H. The molecule has 3 heterocycles. The smallest absolute Gasteiger partial charge is 0.261 e. The number of alkyl halides is 3. The van der Waals surface area contributed by atoms with Gasteiger partial charge < -0.3 is 0 Å². The third kappa shape index (κ3) is 2.71. The van der Waals surface area contributed by atoms with Crippen LogP contribution in [0.5, 0.6) is 0 Å². The van der Waals surface area contributed by atoms with Crippen LogP contribution in [-0.4, -0.2) is 29.7 Å². The van der Waals surface area contributed by atoms with Crippen LogP contribution < -0.4 is 0 Å². The first kappa shape index (κ1) is 13.2. The zero-order chi connectivity index (χ0) is 14.9. The van der Waals surface area contributed by atoms with Crippen LogP contribution in [0.25, 0.3) is 17.2 Å². The molecule has 3 aromatic heterocycles. The van der Waals surface area contributed by atoms with Crippen molar-refractivity contribution in [3.63, 3.8) is 0 Å². The molecule has 0 aliphatic rings. The van der Waals surface area contributed by atoms with Crippen molar-refractivity contribution >= 4 is 0 Å². The minimum absolute atomic E-state index is 0.167. The van der Waals surface area contributed by atoms with Crippen LogP contribution in [0.3, 0.4) is 0 Å². The van der Waals surface area contributed by atoms with Gasteiger partial charge in [-0.3, -0.25) is 9.97 Å². The van der Waals surface area contributed by atoms with Crippen molar-refractivity contribution in [1.29, 1.82) is 0 Å². The Hall–Kier alpha value is -2.84. The summed E-state index contributed by atoms with van der Waals surface area (Å²) in [5.74, 6) is -0.167. The maximum Gasteiger partial charge on any atom is 0.433 e. The zero-order valence-electron chi connectivity index (χ0n) is 10.4. The second-order valence-corrected chi connectivity index (χ2v) is 4.00. The summed E-state index contributed by atoms with van der Waals surface area (Å²) in [7, 11) is 0. The fourth-order valence-electron chi connectivity index (χ4n) is 1.63. The van der Waals surface area contributed by atoms with E-state index in [-0.39, 0.29) is 5.95 Å². The van der Waals surface area contributed by atoms with Crippen LogP contribution in [0.4, 0.5) is 13.2 Å². The van der Waals surface area contributed by atoms with Gasteiger partial charge in [0, 0.05) is 30.4 Å². The van der Waals surface area contributed by atoms with Gasteiger partial charge in [-0.2, -0.15) is 18.3 Å². The Morgan fingerprint density at radius 1 is 1.00 bits per heavy atom. The first-order chi connectivity index (χ1) is 10.0. The molecule has 6 nitrogen and oxygen atoms in total. The van der Waals surface area contributed by atoms with Crippen molar-refractivity contribution < 1.29 is 13.2 Å². The predicted octanol–water partition coefficient (Wildman–Crippen LogP) is 2.14. The normalized spacial score (nSPS) is 11.6. The largest absolute Gasteiger partial charge is 0.433 e. The van der Waals surface area contributed by atoms with E-state index in [1.165, 1.54) is 31.0 Å². The second-order valence-electron chi connectivity index (χ2n) is 4.00. The van der Waals surface area contributed by atoms with Gasteiger partial charge in [0.1, 0.15) is 5.69 Å². The molecule has 0 aliphatic heterocycles. The molecule has 0 amide bonds. The van der Waals surface area contributed by atoms with E-state index in [9.17, 15) is 13.2 Å². The summed E-state index contributed by atoms with van der Waals surface area (Å²) in [5.41, 5.74) is 0.129. The molecular formula is C12H7F3N6. The Labute approximate surface area is 116 Å². The van der Waals surface area contributed by atoms with Crippen molar-refractivity contribution in [3.8, 4) is 17.2 Å². The Balaban J connectivity index is 1.97. The maximum atomic E-state index is 12.6. The van der Waals surface area contributed by atoms with Crippen LogP contribution in [0.1, 0.15) is 5.69 Å². The highest BCUT2D eigenvalue weighted by Crippen LogP contribution is 2.27. The zero-order valence-corrected chi connectivity index (χ0v) is 10.4. The molecular weight excluding hydrogens is 285 g/mol. The SMILES string of the molecule is FC(F)(F)c1ccnc(-n2cc(-c3cnccn3)cn2)n1. The molecule has 0 spiro atoms. The van der Waals surface area contributed by atoms with Crippen molar-refractivity contribution in [3.05, 3.63) is 48.9 Å². The quantitative estimate of drug-likeness (QED) is 0.723. The van der Waals surface area contributed by atoms with E-state index in [1.807, 2.05) is 0 Å². The number of halogens is 3. The number of hydrogen-bond acceptors (Lipinski definition) is 5. The van der Waals surface area contributed by atoms with Gasteiger partial charge in [0.15, 0.2) is 0 Å². The van der Waals surface area contributed by atoms with E-state index in [0.717, 1.165) is 16.9 Å². The monoisotopic (exact) mass is 292 g/mol. The Kier molecular flexibility index (Phi) is 3.09. The molecule has 0 radical (unpaired) electrons. The first-order valence-corrected chi connectivity index (χ1v) is 5.76. The minimum atomic E-state index is -4.53. The maximum absolute atomic E-state index is 12.6. The molecule has 0 atom stereocenters. The van der Waals surface area contributed by atoms with Crippen LogP contribution in [0.2, 0.25) is 0 Å². The highest BCUT2D eigenvalue weighted by Gasteiger charge is 2.33. The molecule has 9 heteroatoms. The lowest BCUT2D eigenvalue weighted by atomic mass is 10.3. The summed E-state index contributed by atoms with van der Waals surface area (Å²) >= 11 is 0. The molecule has 0 unspecified atom stereocenters. The Morgan fingerprint density at radius 3 is 2.57 bits per heavy atom. The van der Waals surface area contributed by atoms with E-state index < -0.39 is 11.9 Å². The van der Waals surface area contributed by atoms with Gasteiger partial charge in [0.25, 0.3) is 5.95 Å². The van der Waals surface area contributed by atoms with Gasteiger partial charge >= 0.3 is 6.18 Å². The Morgan fingerprint density at radius 2 is 1.86 bits per heavy atom. The highest BCUT2D eigenvalue weighted by atomic mass is 19.4. The average molecular weight is 292 g/mol. The fraction of sp³-hybridized carbons (Fsp3) is 0.0833. The number of hydrogen-bond donors (Lipinski definition) is 0. The third-order valence-electron chi connectivity index (χ3n) is 2.58. The number of rotatable bonds is 2. The van der Waals surface area contributed by atoms with Crippen molar-refractivity contribution in [1.82, 2.24) is 29.7 Å². The summed E-state index contributed by atoms with van der Waals surface area (Å²) < 4.78 is 39.0. The van der Waals surface area contributed by atoms with Gasteiger partial charge in [0.05, 0.1) is 18.1 Å². The molecule has 3 rings (SSSR count). The van der Waals surface area contributed by atoms with Crippen LogP contribution in [0.15, 0.2) is 43.2 Å². The summed E-state index contributed by atoms with van der Waals surface area (Å²) in [6.07, 6.45) is 3.99. The highest BCUT2D eigenvalue weighted by molar-refractivity contribution is 5.55. The van der Waals surface area contributed by atoms with Gasteiger partial charge in [-0.25, -0.2) is 14.6 Å². The fourth-order valence-corrected chi connectivity index (χ4v) is 1.63. The average Bonchev–Trinajstić information content (AvgIpc) is 2.97. The van der Waals surface area contributed by atoms with Gasteiger partial charge in [-0.15, -0.1) is 0 Å². The molecule has 0 fully saturated rings. The molecule has 0 bridgehead atoms. The molecule has 0 aromatic carbocycles. The van der Waals surface area contributed by atoms with E-state index >= 15 is 0 Å². The van der Waals surface area contributed by atoms with Crippen molar-refractivity contribution in [2.75, 3.05) is 0 Å². The van der Waals surface area contributed by atoms with E-state index in [4.69, 9.17) is 0 Å². The third-order valence-corrected chi connectivity index (χ3v) is 2.58. The van der Waals surface area contributed by atoms with E-state index in [0.29, 0.717) is 11.3 Å². The Bertz CT molecular complexity index is 753. The lowest BCUT2D eigenvalue weighted by Gasteiger charge is -2.06. The molecule has 0 N–H and O–H groups in total. The topological polar surface area (TPSA) is 69.4 Å².